The van der Waals surface area contributed by atoms with Gasteiger partial charge in [0.05, 0.1) is 6.61 Å². The number of thioether (sulfide) groups is 1. The van der Waals surface area contributed by atoms with Gasteiger partial charge in [-0.15, -0.1) is 10.2 Å². The van der Waals surface area contributed by atoms with Crippen LogP contribution in [0.1, 0.15) is 35.3 Å². The second-order valence-electron chi connectivity index (χ2n) is 9.76. The number of amides is 2. The van der Waals surface area contributed by atoms with Crippen LogP contribution in [0.25, 0.3) is 17.5 Å². The summed E-state index contributed by atoms with van der Waals surface area (Å²) in [5.41, 5.74) is 4.94. The van der Waals surface area contributed by atoms with E-state index in [1.165, 1.54) is 6.08 Å². The highest BCUT2D eigenvalue weighted by Gasteiger charge is 2.14. The second kappa shape index (κ2) is 14.8. The molecule has 222 valence electrons. The smallest absolute Gasteiger partial charge is 0.255 e. The Labute approximate surface area is 261 Å². The normalized spacial score (nSPS) is 11.0. The van der Waals surface area contributed by atoms with E-state index in [-0.39, 0.29) is 11.8 Å². The molecule has 0 saturated carbocycles. The Morgan fingerprint density at radius 1 is 0.818 bits per heavy atom. The molecule has 0 spiro atoms. The number of hydrogen-bond donors (Lipinski definition) is 2. The Kier molecular flexibility index (Phi) is 10.2. The van der Waals surface area contributed by atoms with Crippen LogP contribution in [0.2, 0.25) is 0 Å². The first-order valence-electron chi connectivity index (χ1n) is 14.4. The predicted octanol–water partition coefficient (Wildman–Crippen LogP) is 7.56. The average molecular weight is 604 g/mol. The number of hydrogen-bond acceptors (Lipinski definition) is 6. The third-order valence-electron chi connectivity index (χ3n) is 6.68. The first-order valence-corrected chi connectivity index (χ1v) is 15.3. The molecule has 8 nitrogen and oxygen atoms in total. The molecule has 0 saturated heterocycles. The molecule has 5 aromatic rings. The van der Waals surface area contributed by atoms with E-state index in [1.807, 2.05) is 110 Å². The Bertz CT molecular complexity index is 1720. The maximum absolute atomic E-state index is 12.7. The number of nitrogens with one attached hydrogen (secondary N) is 2. The fraction of sp³-hybridized carbons (Fsp3) is 0.143. The van der Waals surface area contributed by atoms with Crippen molar-refractivity contribution >= 4 is 41.0 Å². The molecule has 0 aliphatic carbocycles. The minimum Gasteiger partial charge on any atom is -0.494 e. The number of benzene rings is 4. The summed E-state index contributed by atoms with van der Waals surface area (Å²) in [6, 6.07) is 32.1. The van der Waals surface area contributed by atoms with Gasteiger partial charge in [-0.2, -0.15) is 0 Å². The second-order valence-corrected chi connectivity index (χ2v) is 10.7. The number of nitrogens with zero attached hydrogens (tertiary/aromatic N) is 3. The number of carbonyl (C=O) groups is 2. The van der Waals surface area contributed by atoms with Gasteiger partial charge in [-0.05, 0) is 91.7 Å². The molecule has 0 radical (unpaired) electrons. The number of aromatic nitrogens is 3. The zero-order valence-electron chi connectivity index (χ0n) is 24.6. The molecule has 0 aliphatic rings. The number of anilines is 2. The van der Waals surface area contributed by atoms with Crippen LogP contribution in [0, 0.1) is 0 Å². The maximum atomic E-state index is 12.7. The molecule has 0 fully saturated rings. The van der Waals surface area contributed by atoms with E-state index in [9.17, 15) is 9.59 Å². The van der Waals surface area contributed by atoms with Gasteiger partial charge in [0.2, 0.25) is 5.91 Å². The van der Waals surface area contributed by atoms with Crippen molar-refractivity contribution in [2.24, 2.45) is 0 Å². The average Bonchev–Trinajstić information content (AvgIpc) is 3.48. The summed E-state index contributed by atoms with van der Waals surface area (Å²) < 4.78 is 7.52. The van der Waals surface area contributed by atoms with E-state index >= 15 is 0 Å². The van der Waals surface area contributed by atoms with Gasteiger partial charge in [-0.3, -0.25) is 9.59 Å². The van der Waals surface area contributed by atoms with Crippen molar-refractivity contribution < 1.29 is 14.3 Å². The molecule has 2 N–H and O–H groups in total. The Morgan fingerprint density at radius 2 is 1.50 bits per heavy atom. The van der Waals surface area contributed by atoms with Crippen molar-refractivity contribution in [3.63, 3.8) is 0 Å². The van der Waals surface area contributed by atoms with Crippen LogP contribution in [0.5, 0.6) is 5.75 Å². The van der Waals surface area contributed by atoms with E-state index in [0.29, 0.717) is 35.8 Å². The molecule has 44 heavy (non-hydrogen) atoms. The van der Waals surface area contributed by atoms with Gasteiger partial charge in [-0.25, -0.2) is 0 Å². The predicted molar refractivity (Wildman–Crippen MR) is 177 cm³/mol. The standard InChI is InChI=1S/C35H33N5O3S/c1-3-40-33(27-15-17-29(18-16-27)36-32(41)23-12-25-8-6-5-7-9-25)38-39-35(40)44-24-26-10-13-28(14-11-26)34(42)37-30-19-21-31(22-20-30)43-4-2/h5-23H,3-4,24H2,1-2H3,(H,36,41)(H,37,42)/b23-12+. The highest BCUT2D eigenvalue weighted by Crippen LogP contribution is 2.27. The van der Waals surface area contributed by atoms with Gasteiger partial charge in [0.25, 0.3) is 5.91 Å². The molecule has 1 aromatic heterocycles. The Hall–Kier alpha value is -5.15. The van der Waals surface area contributed by atoms with Crippen LogP contribution in [-0.4, -0.2) is 33.2 Å². The lowest BCUT2D eigenvalue weighted by Gasteiger charge is -2.09. The zero-order chi connectivity index (χ0) is 30.7. The van der Waals surface area contributed by atoms with Gasteiger partial charge in [0.15, 0.2) is 11.0 Å². The third-order valence-corrected chi connectivity index (χ3v) is 7.72. The van der Waals surface area contributed by atoms with E-state index < -0.39 is 0 Å². The maximum Gasteiger partial charge on any atom is 0.255 e. The molecule has 2 amide bonds. The van der Waals surface area contributed by atoms with Crippen LogP contribution >= 0.6 is 11.8 Å². The molecular weight excluding hydrogens is 570 g/mol. The summed E-state index contributed by atoms with van der Waals surface area (Å²) in [5, 5.41) is 15.5. The van der Waals surface area contributed by atoms with Crippen molar-refractivity contribution in [2.75, 3.05) is 17.2 Å². The number of ether oxygens (including phenoxy) is 1. The van der Waals surface area contributed by atoms with Crippen molar-refractivity contribution in [1.82, 2.24) is 14.8 Å². The lowest BCUT2D eigenvalue weighted by Crippen LogP contribution is -2.11. The summed E-state index contributed by atoms with van der Waals surface area (Å²) >= 11 is 1.59. The first kappa shape index (κ1) is 30.3. The first-order chi connectivity index (χ1) is 21.5. The fourth-order valence-corrected chi connectivity index (χ4v) is 5.38. The molecule has 0 bridgehead atoms. The fourth-order valence-electron chi connectivity index (χ4n) is 4.42. The summed E-state index contributed by atoms with van der Waals surface area (Å²) in [6.45, 7) is 5.29. The minimum absolute atomic E-state index is 0.169. The minimum atomic E-state index is -0.196. The highest BCUT2D eigenvalue weighted by molar-refractivity contribution is 7.98. The van der Waals surface area contributed by atoms with Crippen LogP contribution in [0.3, 0.4) is 0 Å². The van der Waals surface area contributed by atoms with Gasteiger partial charge >= 0.3 is 0 Å². The van der Waals surface area contributed by atoms with Crippen molar-refractivity contribution in [1.29, 1.82) is 0 Å². The summed E-state index contributed by atoms with van der Waals surface area (Å²) in [6.07, 6.45) is 3.30. The largest absolute Gasteiger partial charge is 0.494 e. The highest BCUT2D eigenvalue weighted by atomic mass is 32.2. The Balaban J connectivity index is 1.16. The Morgan fingerprint density at radius 3 is 2.18 bits per heavy atom. The molecule has 5 rings (SSSR count). The summed E-state index contributed by atoms with van der Waals surface area (Å²) in [4.78, 5) is 25.0. The van der Waals surface area contributed by atoms with Crippen molar-refractivity contribution in [3.8, 4) is 17.1 Å². The van der Waals surface area contributed by atoms with Gasteiger partial charge < -0.3 is 19.9 Å². The molecule has 9 heteroatoms. The van der Waals surface area contributed by atoms with Crippen LogP contribution in [0.4, 0.5) is 11.4 Å². The van der Waals surface area contributed by atoms with E-state index in [1.54, 1.807) is 17.8 Å². The topological polar surface area (TPSA) is 98.1 Å². The molecule has 0 unspecified atom stereocenters. The van der Waals surface area contributed by atoms with E-state index in [0.717, 1.165) is 33.4 Å². The van der Waals surface area contributed by atoms with Crippen LogP contribution in [-0.2, 0) is 17.1 Å². The van der Waals surface area contributed by atoms with Crippen LogP contribution < -0.4 is 15.4 Å². The molecule has 1 heterocycles. The van der Waals surface area contributed by atoms with Gasteiger partial charge in [0.1, 0.15) is 5.75 Å². The van der Waals surface area contributed by atoms with E-state index in [2.05, 4.69) is 32.3 Å². The molecular formula is C35H33N5O3S. The molecule has 0 atom stereocenters. The lowest BCUT2D eigenvalue weighted by molar-refractivity contribution is -0.111. The SMILES string of the molecule is CCOc1ccc(NC(=O)c2ccc(CSc3nnc(-c4ccc(NC(=O)/C=C/c5ccccc5)cc4)n3CC)cc2)cc1. The monoisotopic (exact) mass is 603 g/mol. The number of rotatable bonds is 12. The quantitative estimate of drug-likeness (QED) is 0.113. The van der Waals surface area contributed by atoms with Crippen LogP contribution in [0.15, 0.2) is 114 Å². The third kappa shape index (κ3) is 8.02. The summed E-state index contributed by atoms with van der Waals surface area (Å²) in [5.74, 6) is 1.85. The van der Waals surface area contributed by atoms with Gasteiger partial charge in [0, 0.05) is 40.9 Å². The molecule has 4 aromatic carbocycles. The number of carbonyl (C=O) groups excluding carboxylic acids is 2. The zero-order valence-corrected chi connectivity index (χ0v) is 25.4. The molecule has 0 aliphatic heterocycles. The van der Waals surface area contributed by atoms with Crippen molar-refractivity contribution in [2.45, 2.75) is 31.3 Å². The van der Waals surface area contributed by atoms with Crippen molar-refractivity contribution in [3.05, 3.63) is 126 Å². The van der Waals surface area contributed by atoms with E-state index in [4.69, 9.17) is 4.74 Å². The lowest BCUT2D eigenvalue weighted by atomic mass is 10.1. The van der Waals surface area contributed by atoms with Gasteiger partial charge in [-0.1, -0.05) is 54.2 Å². The summed E-state index contributed by atoms with van der Waals surface area (Å²) in [7, 11) is 0.